The molecule has 4 aromatic rings. The molecule has 2 aromatic heterocycles. The Hall–Kier alpha value is -3.45. The molecular weight excluding hydrogens is 356 g/mol. The minimum atomic E-state index is -0.974. The maximum atomic E-state index is 11.3. The third kappa shape index (κ3) is 2.86. The van der Waals surface area contributed by atoms with Crippen LogP contribution >= 0.6 is 0 Å². The molecule has 0 radical (unpaired) electrons. The van der Waals surface area contributed by atoms with E-state index in [9.17, 15) is 9.90 Å². The highest BCUT2D eigenvalue weighted by molar-refractivity contribution is 5.94. The molecule has 140 valence electrons. The number of carboxylic acids is 1. The van der Waals surface area contributed by atoms with Crippen molar-refractivity contribution in [3.05, 3.63) is 54.2 Å². The number of hydrogen-bond donors (Lipinski definition) is 2. The minimum absolute atomic E-state index is 0.205. The van der Waals surface area contributed by atoms with E-state index in [0.717, 1.165) is 41.1 Å². The van der Waals surface area contributed by atoms with Gasteiger partial charge in [0.1, 0.15) is 5.69 Å². The molecule has 7 heteroatoms. The molecule has 3 heterocycles. The van der Waals surface area contributed by atoms with E-state index in [1.54, 1.807) is 18.2 Å². The number of carboxylic acid groups (broad SMARTS) is 1. The molecule has 2 N–H and O–H groups in total. The van der Waals surface area contributed by atoms with Gasteiger partial charge in [-0.2, -0.15) is 0 Å². The molecule has 1 aliphatic heterocycles. The number of rotatable bonds is 3. The average molecular weight is 374 g/mol. The van der Waals surface area contributed by atoms with E-state index in [-0.39, 0.29) is 5.56 Å². The van der Waals surface area contributed by atoms with Crippen molar-refractivity contribution in [2.75, 3.05) is 31.2 Å². The Morgan fingerprint density at radius 2 is 1.89 bits per heavy atom. The van der Waals surface area contributed by atoms with Gasteiger partial charge < -0.3 is 19.7 Å². The maximum absolute atomic E-state index is 11.3. The minimum Gasteiger partial charge on any atom is -0.478 e. The fraction of sp³-hybridized carbons (Fsp3) is 0.190. The second-order valence-corrected chi connectivity index (χ2v) is 6.78. The molecule has 1 saturated heterocycles. The number of fused-ring (bicyclic) bond motifs is 2. The number of hydrogen-bond acceptors (Lipinski definition) is 5. The SMILES string of the molecule is O=C(O)c1ccc2nc(-c3ccc4[nH]ccc4c3)c(N3CCOCC3)nc2c1. The van der Waals surface area contributed by atoms with Crippen molar-refractivity contribution in [2.24, 2.45) is 0 Å². The van der Waals surface area contributed by atoms with E-state index in [1.165, 1.54) is 0 Å². The lowest BCUT2D eigenvalue weighted by Crippen LogP contribution is -2.37. The summed E-state index contributed by atoms with van der Waals surface area (Å²) in [5.74, 6) is -0.216. The summed E-state index contributed by atoms with van der Waals surface area (Å²) in [6.07, 6.45) is 1.91. The zero-order valence-electron chi connectivity index (χ0n) is 15.1. The first-order chi connectivity index (χ1) is 13.7. The molecule has 2 aromatic carbocycles. The molecule has 0 atom stereocenters. The number of morpholine rings is 1. The standard InChI is InChI=1S/C21H18N4O3/c26-21(27)15-2-4-17-18(12-15)24-20(25-7-9-28-10-8-25)19(23-17)14-1-3-16-13(11-14)5-6-22-16/h1-6,11-12,22H,7-10H2,(H,26,27). The molecule has 28 heavy (non-hydrogen) atoms. The van der Waals surface area contributed by atoms with Crippen LogP contribution < -0.4 is 4.90 Å². The Balaban J connectivity index is 1.72. The fourth-order valence-electron chi connectivity index (χ4n) is 3.57. The number of H-pyrrole nitrogens is 1. The molecule has 1 fully saturated rings. The number of aromatic carboxylic acids is 1. The summed E-state index contributed by atoms with van der Waals surface area (Å²) in [6.45, 7) is 2.70. The van der Waals surface area contributed by atoms with Crippen LogP contribution in [-0.2, 0) is 4.74 Å². The Kier molecular flexibility index (Phi) is 3.95. The smallest absolute Gasteiger partial charge is 0.335 e. The predicted molar refractivity (Wildman–Crippen MR) is 107 cm³/mol. The number of aromatic amines is 1. The summed E-state index contributed by atoms with van der Waals surface area (Å²) in [5, 5.41) is 10.4. The highest BCUT2D eigenvalue weighted by Gasteiger charge is 2.20. The molecule has 1 aliphatic rings. The highest BCUT2D eigenvalue weighted by Crippen LogP contribution is 2.32. The van der Waals surface area contributed by atoms with Gasteiger partial charge in [-0.25, -0.2) is 14.8 Å². The quantitative estimate of drug-likeness (QED) is 0.572. The molecule has 0 bridgehead atoms. The summed E-state index contributed by atoms with van der Waals surface area (Å²) >= 11 is 0. The van der Waals surface area contributed by atoms with Gasteiger partial charge in [0.15, 0.2) is 5.82 Å². The Morgan fingerprint density at radius 1 is 1.04 bits per heavy atom. The second kappa shape index (κ2) is 6.61. The van der Waals surface area contributed by atoms with Crippen LogP contribution in [0, 0.1) is 0 Å². The summed E-state index contributed by atoms with van der Waals surface area (Å²) in [4.78, 5) is 26.4. The summed E-state index contributed by atoms with van der Waals surface area (Å²) in [6, 6.07) is 13.0. The predicted octanol–water partition coefficient (Wildman–Crippen LogP) is 3.31. The third-order valence-corrected chi connectivity index (χ3v) is 5.03. The molecule has 0 amide bonds. The first-order valence-electron chi connectivity index (χ1n) is 9.14. The van der Waals surface area contributed by atoms with Gasteiger partial charge in [-0.3, -0.25) is 0 Å². The van der Waals surface area contributed by atoms with Crippen molar-refractivity contribution in [1.82, 2.24) is 15.0 Å². The van der Waals surface area contributed by atoms with Gasteiger partial charge >= 0.3 is 5.97 Å². The largest absolute Gasteiger partial charge is 0.478 e. The topological polar surface area (TPSA) is 91.3 Å². The average Bonchev–Trinajstić information content (AvgIpc) is 3.21. The summed E-state index contributed by atoms with van der Waals surface area (Å²) in [5.41, 5.74) is 4.29. The number of ether oxygens (including phenoxy) is 1. The van der Waals surface area contributed by atoms with E-state index >= 15 is 0 Å². The summed E-state index contributed by atoms with van der Waals surface area (Å²) < 4.78 is 5.48. The Morgan fingerprint density at radius 3 is 2.71 bits per heavy atom. The van der Waals surface area contributed by atoms with Crippen molar-refractivity contribution < 1.29 is 14.6 Å². The van der Waals surface area contributed by atoms with Gasteiger partial charge in [0.2, 0.25) is 0 Å². The number of nitrogens with zero attached hydrogens (tertiary/aromatic N) is 3. The van der Waals surface area contributed by atoms with E-state index in [1.807, 2.05) is 24.4 Å². The Labute approximate surface area is 160 Å². The van der Waals surface area contributed by atoms with Gasteiger partial charge in [0.05, 0.1) is 29.8 Å². The van der Waals surface area contributed by atoms with E-state index in [4.69, 9.17) is 14.7 Å². The first kappa shape index (κ1) is 16.7. The molecule has 0 spiro atoms. The number of benzene rings is 2. The van der Waals surface area contributed by atoms with Crippen LogP contribution in [0.4, 0.5) is 5.82 Å². The third-order valence-electron chi connectivity index (χ3n) is 5.03. The van der Waals surface area contributed by atoms with Crippen molar-refractivity contribution in [3.63, 3.8) is 0 Å². The second-order valence-electron chi connectivity index (χ2n) is 6.78. The number of nitrogens with one attached hydrogen (secondary N) is 1. The van der Waals surface area contributed by atoms with Crippen LogP contribution in [0.25, 0.3) is 33.2 Å². The van der Waals surface area contributed by atoms with Gasteiger partial charge in [-0.1, -0.05) is 6.07 Å². The molecule has 0 saturated carbocycles. The van der Waals surface area contributed by atoms with Crippen LogP contribution in [0.5, 0.6) is 0 Å². The van der Waals surface area contributed by atoms with E-state index in [0.29, 0.717) is 24.2 Å². The molecular formula is C21H18N4O3. The number of carbonyl (C=O) groups is 1. The highest BCUT2D eigenvalue weighted by atomic mass is 16.5. The lowest BCUT2D eigenvalue weighted by atomic mass is 10.1. The van der Waals surface area contributed by atoms with E-state index in [2.05, 4.69) is 16.0 Å². The monoisotopic (exact) mass is 374 g/mol. The van der Waals surface area contributed by atoms with Gasteiger partial charge in [-0.15, -0.1) is 0 Å². The van der Waals surface area contributed by atoms with Crippen molar-refractivity contribution in [3.8, 4) is 11.3 Å². The number of aromatic nitrogens is 3. The zero-order valence-corrected chi connectivity index (χ0v) is 15.1. The van der Waals surface area contributed by atoms with Crippen LogP contribution in [0.15, 0.2) is 48.7 Å². The molecule has 7 nitrogen and oxygen atoms in total. The van der Waals surface area contributed by atoms with Crippen molar-refractivity contribution >= 4 is 33.7 Å². The Bertz CT molecular complexity index is 1190. The van der Waals surface area contributed by atoms with Gasteiger partial charge in [0, 0.05) is 35.8 Å². The molecule has 5 rings (SSSR count). The molecule has 0 aliphatic carbocycles. The normalized spacial score (nSPS) is 14.6. The van der Waals surface area contributed by atoms with Crippen LogP contribution in [0.3, 0.4) is 0 Å². The van der Waals surface area contributed by atoms with Crippen molar-refractivity contribution in [2.45, 2.75) is 0 Å². The first-order valence-corrected chi connectivity index (χ1v) is 9.14. The maximum Gasteiger partial charge on any atom is 0.335 e. The van der Waals surface area contributed by atoms with Crippen molar-refractivity contribution in [1.29, 1.82) is 0 Å². The van der Waals surface area contributed by atoms with Crippen LogP contribution in [0.2, 0.25) is 0 Å². The van der Waals surface area contributed by atoms with Crippen LogP contribution in [-0.4, -0.2) is 52.3 Å². The lowest BCUT2D eigenvalue weighted by molar-refractivity contribution is 0.0697. The van der Waals surface area contributed by atoms with Gasteiger partial charge in [0.25, 0.3) is 0 Å². The summed E-state index contributed by atoms with van der Waals surface area (Å²) in [7, 11) is 0. The fourth-order valence-corrected chi connectivity index (χ4v) is 3.57. The number of anilines is 1. The van der Waals surface area contributed by atoms with Gasteiger partial charge in [-0.05, 0) is 36.4 Å². The zero-order chi connectivity index (χ0) is 19.1. The lowest BCUT2D eigenvalue weighted by Gasteiger charge is -2.29. The van der Waals surface area contributed by atoms with E-state index < -0.39 is 5.97 Å². The molecule has 0 unspecified atom stereocenters. The van der Waals surface area contributed by atoms with Crippen LogP contribution in [0.1, 0.15) is 10.4 Å².